The van der Waals surface area contributed by atoms with E-state index in [4.69, 9.17) is 9.47 Å². The Balaban J connectivity index is 1.63. The smallest absolute Gasteiger partial charge is 0.416 e. The van der Waals surface area contributed by atoms with Crippen molar-refractivity contribution in [2.24, 2.45) is 0 Å². The Hall–Kier alpha value is -5.28. The van der Waals surface area contributed by atoms with Crippen molar-refractivity contribution in [2.45, 2.75) is 71.1 Å². The van der Waals surface area contributed by atoms with Gasteiger partial charge >= 0.3 is 18.4 Å². The SMILES string of the molecule is CC(C)(C)OC(=O)NCCCCCNC(=O)COc1cc(C(=O)NCc2cccc(C(F)(F)F)c2)cc(C(=O)NCc2cccc(C(F)(F)F)c2)c1. The Morgan fingerprint density at radius 1 is 0.615 bits per heavy atom. The van der Waals surface area contributed by atoms with Crippen LogP contribution in [0.25, 0.3) is 0 Å². The first-order valence-corrected chi connectivity index (χ1v) is 16.2. The van der Waals surface area contributed by atoms with Crippen molar-refractivity contribution in [1.29, 1.82) is 0 Å². The summed E-state index contributed by atoms with van der Waals surface area (Å²) in [4.78, 5) is 50.3. The van der Waals surface area contributed by atoms with E-state index in [1.807, 2.05) is 0 Å². The molecule has 0 radical (unpaired) electrons. The molecule has 0 bridgehead atoms. The van der Waals surface area contributed by atoms with Crippen LogP contribution in [0.1, 0.15) is 83.0 Å². The number of alkyl carbamates (subject to hydrolysis) is 1. The van der Waals surface area contributed by atoms with Crippen LogP contribution < -0.4 is 26.0 Å². The summed E-state index contributed by atoms with van der Waals surface area (Å²) in [7, 11) is 0. The van der Waals surface area contributed by atoms with Gasteiger partial charge in [0.1, 0.15) is 11.4 Å². The standard InChI is InChI=1S/C36H40F6N4O6/c1-34(2,3)52-33(50)44-14-6-4-5-13-43-30(47)22-51-29-18-25(31(48)45-20-23-9-7-11-27(15-23)35(37,38)39)17-26(19-29)32(49)46-21-24-10-8-12-28(16-24)36(40,41)42/h7-12,15-19H,4-6,13-14,20-22H2,1-3H3,(H,43,47)(H,44,50)(H,45,48)(H,46,49). The van der Waals surface area contributed by atoms with Gasteiger partial charge in [-0.25, -0.2) is 4.79 Å². The van der Waals surface area contributed by atoms with E-state index >= 15 is 0 Å². The number of benzene rings is 3. The molecule has 4 amide bonds. The third-order valence-corrected chi connectivity index (χ3v) is 7.06. The molecule has 0 unspecified atom stereocenters. The largest absolute Gasteiger partial charge is 0.484 e. The fourth-order valence-electron chi connectivity index (χ4n) is 4.59. The summed E-state index contributed by atoms with van der Waals surface area (Å²) in [6.07, 6.45) is -7.77. The van der Waals surface area contributed by atoms with E-state index in [2.05, 4.69) is 21.3 Å². The zero-order valence-electron chi connectivity index (χ0n) is 28.7. The summed E-state index contributed by atoms with van der Waals surface area (Å²) in [6.45, 7) is 4.88. The summed E-state index contributed by atoms with van der Waals surface area (Å²) in [5.41, 5.74) is -2.35. The topological polar surface area (TPSA) is 135 Å². The lowest BCUT2D eigenvalue weighted by Crippen LogP contribution is -2.33. The van der Waals surface area contributed by atoms with Crippen LogP contribution in [0.5, 0.6) is 5.75 Å². The highest BCUT2D eigenvalue weighted by molar-refractivity contribution is 6.00. The fraction of sp³-hybridized carbons (Fsp3) is 0.389. The van der Waals surface area contributed by atoms with Crippen LogP contribution >= 0.6 is 0 Å². The molecule has 0 aromatic heterocycles. The molecule has 0 heterocycles. The van der Waals surface area contributed by atoms with Gasteiger partial charge in [-0.1, -0.05) is 24.3 Å². The Labute approximate surface area is 296 Å². The maximum atomic E-state index is 13.1. The van der Waals surface area contributed by atoms with E-state index in [9.17, 15) is 45.5 Å². The second kappa shape index (κ2) is 18.3. The lowest BCUT2D eigenvalue weighted by atomic mass is 10.1. The molecular formula is C36H40F6N4O6. The molecular weight excluding hydrogens is 698 g/mol. The van der Waals surface area contributed by atoms with Gasteiger partial charge in [0.25, 0.3) is 17.7 Å². The second-order valence-corrected chi connectivity index (χ2v) is 12.6. The van der Waals surface area contributed by atoms with Crippen LogP contribution in [0.4, 0.5) is 31.1 Å². The second-order valence-electron chi connectivity index (χ2n) is 12.6. The molecule has 0 fully saturated rings. The van der Waals surface area contributed by atoms with Crippen LogP contribution in [0.2, 0.25) is 0 Å². The van der Waals surface area contributed by atoms with Crippen LogP contribution in [0, 0.1) is 0 Å². The van der Waals surface area contributed by atoms with Gasteiger partial charge in [-0.2, -0.15) is 26.3 Å². The molecule has 4 N–H and O–H groups in total. The number of hydrogen-bond acceptors (Lipinski definition) is 6. The first-order chi connectivity index (χ1) is 24.3. The number of amides is 4. The zero-order chi connectivity index (χ0) is 38.5. The van der Waals surface area contributed by atoms with Crippen molar-refractivity contribution < 1.29 is 55.0 Å². The molecule has 0 saturated heterocycles. The molecule has 0 aliphatic heterocycles. The van der Waals surface area contributed by atoms with Gasteiger partial charge < -0.3 is 30.7 Å². The van der Waals surface area contributed by atoms with Gasteiger partial charge in [0.05, 0.1) is 11.1 Å². The normalized spacial score (nSPS) is 11.7. The lowest BCUT2D eigenvalue weighted by molar-refractivity contribution is -0.138. The number of nitrogens with one attached hydrogen (secondary N) is 4. The average Bonchev–Trinajstić information content (AvgIpc) is 3.06. The maximum absolute atomic E-state index is 13.1. The minimum Gasteiger partial charge on any atom is -0.484 e. The summed E-state index contributed by atoms with van der Waals surface area (Å²) in [5, 5.41) is 10.3. The molecule has 16 heteroatoms. The first kappa shape index (κ1) is 41.1. The van der Waals surface area contributed by atoms with E-state index in [-0.39, 0.29) is 41.1 Å². The highest BCUT2D eigenvalue weighted by atomic mass is 19.4. The molecule has 0 saturated carbocycles. The van der Waals surface area contributed by atoms with Gasteiger partial charge in [0, 0.05) is 37.3 Å². The number of alkyl halides is 6. The van der Waals surface area contributed by atoms with Gasteiger partial charge in [-0.05, 0) is 93.6 Å². The summed E-state index contributed by atoms with van der Waals surface area (Å²) in [5.74, 6) is -2.14. The number of carbonyl (C=O) groups excluding carboxylic acids is 4. The van der Waals surface area contributed by atoms with Crippen molar-refractivity contribution >= 4 is 23.8 Å². The van der Waals surface area contributed by atoms with Crippen LogP contribution in [0.15, 0.2) is 66.7 Å². The van der Waals surface area contributed by atoms with Crippen molar-refractivity contribution in [3.8, 4) is 5.75 Å². The monoisotopic (exact) mass is 738 g/mol. The average molecular weight is 739 g/mol. The first-order valence-electron chi connectivity index (χ1n) is 16.2. The molecule has 0 aliphatic carbocycles. The number of halogens is 6. The molecule has 52 heavy (non-hydrogen) atoms. The van der Waals surface area contributed by atoms with Gasteiger partial charge in [0.15, 0.2) is 6.61 Å². The van der Waals surface area contributed by atoms with E-state index in [1.54, 1.807) is 20.8 Å². The van der Waals surface area contributed by atoms with Crippen LogP contribution in [-0.4, -0.2) is 49.1 Å². The molecule has 0 aliphatic rings. The van der Waals surface area contributed by atoms with Crippen LogP contribution in [0.3, 0.4) is 0 Å². The maximum Gasteiger partial charge on any atom is 0.416 e. The molecule has 10 nitrogen and oxygen atoms in total. The Morgan fingerprint density at radius 3 is 1.56 bits per heavy atom. The van der Waals surface area contributed by atoms with E-state index < -0.39 is 59.5 Å². The minimum atomic E-state index is -4.59. The quantitative estimate of drug-likeness (QED) is 0.100. The fourth-order valence-corrected chi connectivity index (χ4v) is 4.59. The summed E-state index contributed by atoms with van der Waals surface area (Å²) in [6, 6.07) is 12.3. The van der Waals surface area contributed by atoms with E-state index in [0.29, 0.717) is 32.4 Å². The third kappa shape index (κ3) is 14.5. The highest BCUT2D eigenvalue weighted by Crippen LogP contribution is 2.30. The summed E-state index contributed by atoms with van der Waals surface area (Å²) >= 11 is 0. The number of rotatable bonds is 15. The number of carbonyl (C=O) groups is 4. The highest BCUT2D eigenvalue weighted by Gasteiger charge is 2.31. The van der Waals surface area contributed by atoms with Crippen molar-refractivity contribution in [3.05, 3.63) is 100 Å². The zero-order valence-corrected chi connectivity index (χ0v) is 28.7. The Bertz CT molecular complexity index is 1610. The van der Waals surface area contributed by atoms with Gasteiger partial charge in [-0.15, -0.1) is 0 Å². The molecule has 3 aromatic carbocycles. The molecule has 3 rings (SSSR count). The minimum absolute atomic E-state index is 0.0701. The molecule has 0 atom stereocenters. The Morgan fingerprint density at radius 2 is 1.10 bits per heavy atom. The van der Waals surface area contributed by atoms with Crippen molar-refractivity contribution in [3.63, 3.8) is 0 Å². The molecule has 3 aromatic rings. The van der Waals surface area contributed by atoms with Gasteiger partial charge in [-0.3, -0.25) is 14.4 Å². The van der Waals surface area contributed by atoms with Crippen molar-refractivity contribution in [1.82, 2.24) is 21.3 Å². The lowest BCUT2D eigenvalue weighted by Gasteiger charge is -2.19. The molecule has 0 spiro atoms. The Kier molecular flexibility index (Phi) is 14.5. The predicted molar refractivity (Wildman–Crippen MR) is 178 cm³/mol. The number of unbranched alkanes of at least 4 members (excludes halogenated alkanes) is 2. The number of hydrogen-bond donors (Lipinski definition) is 4. The van der Waals surface area contributed by atoms with E-state index in [0.717, 1.165) is 24.3 Å². The molecule has 282 valence electrons. The predicted octanol–water partition coefficient (Wildman–Crippen LogP) is 6.77. The van der Waals surface area contributed by atoms with E-state index in [1.165, 1.54) is 42.5 Å². The summed E-state index contributed by atoms with van der Waals surface area (Å²) < 4.78 is 89.5. The van der Waals surface area contributed by atoms with Crippen LogP contribution in [-0.2, 0) is 35.0 Å². The number of ether oxygens (including phenoxy) is 2. The third-order valence-electron chi connectivity index (χ3n) is 7.06. The van der Waals surface area contributed by atoms with Gasteiger partial charge in [0.2, 0.25) is 0 Å². The van der Waals surface area contributed by atoms with Crippen molar-refractivity contribution in [2.75, 3.05) is 19.7 Å².